The highest BCUT2D eigenvalue weighted by atomic mass is 35.5. The van der Waals surface area contributed by atoms with E-state index < -0.39 is 0 Å². The van der Waals surface area contributed by atoms with Gasteiger partial charge in [0.05, 0.1) is 23.5 Å². The van der Waals surface area contributed by atoms with Gasteiger partial charge in [-0.1, -0.05) is 11.6 Å². The molecule has 8 heteroatoms. The fraction of sp³-hybridized carbons (Fsp3) is 0.529. The molecule has 1 aliphatic heterocycles. The van der Waals surface area contributed by atoms with Crippen LogP contribution in [0, 0.1) is 0 Å². The van der Waals surface area contributed by atoms with Crippen molar-refractivity contribution < 1.29 is 4.79 Å². The van der Waals surface area contributed by atoms with E-state index in [2.05, 4.69) is 25.3 Å². The summed E-state index contributed by atoms with van der Waals surface area (Å²) in [6.45, 7) is 1.84. The number of amides is 1. The van der Waals surface area contributed by atoms with E-state index in [4.69, 9.17) is 11.6 Å². The molecule has 2 aromatic rings. The summed E-state index contributed by atoms with van der Waals surface area (Å²) in [5.74, 6) is 0.326. The molecule has 1 fully saturated rings. The molecule has 7 nitrogen and oxygen atoms in total. The van der Waals surface area contributed by atoms with E-state index in [0.29, 0.717) is 5.95 Å². The highest BCUT2D eigenvalue weighted by molar-refractivity contribution is 6.33. The molecule has 0 aromatic carbocycles. The summed E-state index contributed by atoms with van der Waals surface area (Å²) < 4.78 is 1.89. The molecule has 1 amide bonds. The van der Waals surface area contributed by atoms with Gasteiger partial charge in [-0.2, -0.15) is 5.10 Å². The normalized spacial score (nSPS) is 19.8. The van der Waals surface area contributed by atoms with Crippen molar-refractivity contribution in [2.75, 3.05) is 18.0 Å². The van der Waals surface area contributed by atoms with Crippen LogP contribution in [0.3, 0.4) is 0 Å². The van der Waals surface area contributed by atoms with Gasteiger partial charge in [0.1, 0.15) is 0 Å². The summed E-state index contributed by atoms with van der Waals surface area (Å²) in [4.78, 5) is 23.6. The highest BCUT2D eigenvalue weighted by Crippen LogP contribution is 2.30. The Bertz CT molecular complexity index is 798. The van der Waals surface area contributed by atoms with Crippen molar-refractivity contribution in [1.82, 2.24) is 25.1 Å². The second-order valence-electron chi connectivity index (χ2n) is 6.65. The molecule has 2 aromatic heterocycles. The van der Waals surface area contributed by atoms with Gasteiger partial charge in [0.15, 0.2) is 5.69 Å². The highest BCUT2D eigenvalue weighted by Gasteiger charge is 2.27. The number of hydrogen-bond donors (Lipinski definition) is 1. The number of hydrogen-bond acceptors (Lipinski definition) is 5. The van der Waals surface area contributed by atoms with Crippen LogP contribution >= 0.6 is 11.6 Å². The monoisotopic (exact) mass is 360 g/mol. The fourth-order valence-corrected chi connectivity index (χ4v) is 3.85. The summed E-state index contributed by atoms with van der Waals surface area (Å²) in [6.07, 6.45) is 8.52. The van der Waals surface area contributed by atoms with Gasteiger partial charge in [-0.15, -0.1) is 0 Å². The lowest BCUT2D eigenvalue weighted by Crippen LogP contribution is -2.32. The molecule has 1 N–H and O–H groups in total. The molecule has 132 valence electrons. The van der Waals surface area contributed by atoms with Crippen LogP contribution in [0.2, 0.25) is 5.02 Å². The average Bonchev–Trinajstić information content (AvgIpc) is 3.26. The second-order valence-corrected chi connectivity index (χ2v) is 7.06. The molecule has 1 atom stereocenters. The predicted molar refractivity (Wildman–Crippen MR) is 94.8 cm³/mol. The van der Waals surface area contributed by atoms with Crippen molar-refractivity contribution in [1.29, 1.82) is 0 Å². The number of aryl methyl sites for hydroxylation is 1. The third kappa shape index (κ3) is 3.08. The standard InChI is InChI=1S/C17H21ClN6O/c1-23-14-6-4-5-13(11(14)9-20-23)21-16(25)15-12(18)10-19-17(22-15)24-7-2-3-8-24/h9-10,13H,2-8H2,1H3,(H,21,25). The number of rotatable bonds is 3. The lowest BCUT2D eigenvalue weighted by atomic mass is 9.93. The zero-order valence-corrected chi connectivity index (χ0v) is 15.0. The van der Waals surface area contributed by atoms with Crippen molar-refractivity contribution in [3.8, 4) is 0 Å². The van der Waals surface area contributed by atoms with Crippen LogP contribution in [0.15, 0.2) is 12.4 Å². The molecule has 3 heterocycles. The van der Waals surface area contributed by atoms with Gasteiger partial charge in [-0.05, 0) is 32.1 Å². The van der Waals surface area contributed by atoms with Crippen molar-refractivity contribution in [2.45, 2.75) is 38.1 Å². The molecule has 1 saturated heterocycles. The quantitative estimate of drug-likeness (QED) is 0.908. The summed E-state index contributed by atoms with van der Waals surface area (Å²) >= 11 is 6.20. The van der Waals surface area contributed by atoms with Crippen molar-refractivity contribution in [2.24, 2.45) is 7.05 Å². The Morgan fingerprint density at radius 1 is 1.28 bits per heavy atom. The number of anilines is 1. The van der Waals surface area contributed by atoms with Gasteiger partial charge in [-0.25, -0.2) is 9.97 Å². The number of halogens is 1. The first-order valence-electron chi connectivity index (χ1n) is 8.72. The molecule has 25 heavy (non-hydrogen) atoms. The van der Waals surface area contributed by atoms with Crippen LogP contribution in [0.4, 0.5) is 5.95 Å². The predicted octanol–water partition coefficient (Wildman–Crippen LogP) is 2.27. The van der Waals surface area contributed by atoms with E-state index in [9.17, 15) is 4.79 Å². The Hall–Kier alpha value is -2.15. The Morgan fingerprint density at radius 3 is 2.88 bits per heavy atom. The number of aromatic nitrogens is 4. The maximum absolute atomic E-state index is 12.8. The molecular formula is C17H21ClN6O. The average molecular weight is 361 g/mol. The lowest BCUT2D eigenvalue weighted by molar-refractivity contribution is 0.0927. The summed E-state index contributed by atoms with van der Waals surface area (Å²) in [7, 11) is 1.94. The molecule has 0 radical (unpaired) electrons. The number of nitrogens with one attached hydrogen (secondary N) is 1. The molecule has 1 unspecified atom stereocenters. The zero-order valence-electron chi connectivity index (χ0n) is 14.2. The van der Waals surface area contributed by atoms with Gasteiger partial charge < -0.3 is 10.2 Å². The zero-order chi connectivity index (χ0) is 17.4. The molecule has 0 bridgehead atoms. The van der Waals surface area contributed by atoms with Crippen molar-refractivity contribution in [3.05, 3.63) is 34.4 Å². The van der Waals surface area contributed by atoms with E-state index in [1.165, 1.54) is 11.9 Å². The van der Waals surface area contributed by atoms with Crippen LogP contribution in [-0.4, -0.2) is 38.7 Å². The number of carbonyl (C=O) groups excluding carboxylic acids is 1. The minimum absolute atomic E-state index is 0.0498. The van der Waals surface area contributed by atoms with Gasteiger partial charge in [0, 0.05) is 31.4 Å². The van der Waals surface area contributed by atoms with Crippen LogP contribution in [0.1, 0.15) is 53.5 Å². The summed E-state index contributed by atoms with van der Waals surface area (Å²) in [6, 6.07) is -0.0498. The maximum Gasteiger partial charge on any atom is 0.272 e. The molecular weight excluding hydrogens is 340 g/mol. The Morgan fingerprint density at radius 2 is 2.08 bits per heavy atom. The van der Waals surface area contributed by atoms with Crippen molar-refractivity contribution >= 4 is 23.5 Å². The number of fused-ring (bicyclic) bond motifs is 1. The van der Waals surface area contributed by atoms with Gasteiger partial charge in [0.25, 0.3) is 5.91 Å². The van der Waals surface area contributed by atoms with Crippen LogP contribution in [0.25, 0.3) is 0 Å². The van der Waals surface area contributed by atoms with Gasteiger partial charge >= 0.3 is 0 Å². The van der Waals surface area contributed by atoms with Crippen LogP contribution in [0.5, 0.6) is 0 Å². The Kier molecular flexibility index (Phi) is 4.33. The lowest BCUT2D eigenvalue weighted by Gasteiger charge is -2.24. The maximum atomic E-state index is 12.8. The number of carbonyl (C=O) groups is 1. The largest absolute Gasteiger partial charge is 0.344 e. The second kappa shape index (κ2) is 6.63. The van der Waals surface area contributed by atoms with E-state index in [-0.39, 0.29) is 22.7 Å². The third-order valence-electron chi connectivity index (χ3n) is 5.02. The van der Waals surface area contributed by atoms with E-state index in [0.717, 1.165) is 50.8 Å². The third-order valence-corrected chi connectivity index (χ3v) is 5.29. The van der Waals surface area contributed by atoms with E-state index in [1.807, 2.05) is 17.9 Å². The first-order valence-corrected chi connectivity index (χ1v) is 9.10. The van der Waals surface area contributed by atoms with Crippen LogP contribution < -0.4 is 10.2 Å². The van der Waals surface area contributed by atoms with Crippen LogP contribution in [-0.2, 0) is 13.5 Å². The molecule has 4 rings (SSSR count). The molecule has 0 saturated carbocycles. The SMILES string of the molecule is Cn1ncc2c1CCCC2NC(=O)c1nc(N2CCCC2)ncc1Cl. The van der Waals surface area contributed by atoms with Crippen molar-refractivity contribution in [3.63, 3.8) is 0 Å². The van der Waals surface area contributed by atoms with E-state index >= 15 is 0 Å². The number of nitrogens with zero attached hydrogens (tertiary/aromatic N) is 5. The van der Waals surface area contributed by atoms with Gasteiger partial charge in [-0.3, -0.25) is 9.48 Å². The molecule has 2 aliphatic rings. The molecule has 0 spiro atoms. The minimum atomic E-state index is -0.255. The minimum Gasteiger partial charge on any atom is -0.344 e. The van der Waals surface area contributed by atoms with E-state index in [1.54, 1.807) is 0 Å². The fourth-order valence-electron chi connectivity index (χ4n) is 3.67. The Labute approximate surface area is 151 Å². The molecule has 1 aliphatic carbocycles. The summed E-state index contributed by atoms with van der Waals surface area (Å²) in [5, 5.41) is 7.68. The first-order chi connectivity index (χ1) is 12.1. The first kappa shape index (κ1) is 16.3. The summed E-state index contributed by atoms with van der Waals surface area (Å²) in [5.41, 5.74) is 2.52. The topological polar surface area (TPSA) is 75.9 Å². The Balaban J connectivity index is 1.56. The van der Waals surface area contributed by atoms with Gasteiger partial charge in [0.2, 0.25) is 5.95 Å². The smallest absolute Gasteiger partial charge is 0.272 e.